The van der Waals surface area contributed by atoms with E-state index in [9.17, 15) is 9.90 Å². The lowest BCUT2D eigenvalue weighted by Crippen LogP contribution is -2.36. The summed E-state index contributed by atoms with van der Waals surface area (Å²) in [7, 11) is 0. The molecule has 0 bridgehead atoms. The first kappa shape index (κ1) is 19.8. The molecule has 0 unspecified atom stereocenters. The topological polar surface area (TPSA) is 104 Å². The molecule has 0 saturated heterocycles. The maximum Gasteiger partial charge on any atom is 0.247 e. The number of hydrogen-bond acceptors (Lipinski definition) is 6. The van der Waals surface area contributed by atoms with Crippen LogP contribution in [0.5, 0.6) is 0 Å². The number of nitrogens with one attached hydrogen (secondary N) is 3. The molecule has 1 aliphatic carbocycles. The van der Waals surface area contributed by atoms with Crippen LogP contribution in [0.15, 0.2) is 36.4 Å². The Labute approximate surface area is 181 Å². The van der Waals surface area contributed by atoms with E-state index in [1.54, 1.807) is 4.52 Å². The highest BCUT2D eigenvalue weighted by Crippen LogP contribution is 2.39. The van der Waals surface area contributed by atoms with E-state index in [2.05, 4.69) is 26.0 Å². The third-order valence-corrected chi connectivity index (χ3v) is 6.54. The van der Waals surface area contributed by atoms with E-state index in [1.807, 2.05) is 57.2 Å². The first-order valence-electron chi connectivity index (χ1n) is 10.8. The normalized spacial score (nSPS) is 24.6. The van der Waals surface area contributed by atoms with Crippen molar-refractivity contribution in [3.63, 3.8) is 0 Å². The molecule has 0 atom stereocenters. The Hall–Kier alpha value is -3.13. The van der Waals surface area contributed by atoms with Crippen molar-refractivity contribution in [1.29, 1.82) is 0 Å². The van der Waals surface area contributed by atoms with Crippen molar-refractivity contribution >= 4 is 34.7 Å². The van der Waals surface area contributed by atoms with Crippen LogP contribution in [-0.4, -0.2) is 37.3 Å². The molecule has 5 rings (SSSR count). The van der Waals surface area contributed by atoms with Crippen LogP contribution in [0.3, 0.4) is 0 Å². The quantitative estimate of drug-likeness (QED) is 0.512. The van der Waals surface area contributed by atoms with Crippen molar-refractivity contribution in [2.75, 3.05) is 16.0 Å². The number of benzene rings is 1. The molecular weight excluding hydrogens is 392 g/mol. The monoisotopic (exact) mass is 420 g/mol. The highest BCUT2D eigenvalue weighted by atomic mass is 16.3. The molecule has 1 aromatic carbocycles. The second-order valence-electron chi connectivity index (χ2n) is 9.50. The number of nitrogens with zero attached hydrogens (tertiary/aromatic N) is 3. The fraction of sp³-hybridized carbons (Fsp3) is 0.435. The lowest BCUT2D eigenvalue weighted by atomic mass is 9.84. The molecule has 8 heteroatoms. The summed E-state index contributed by atoms with van der Waals surface area (Å²) in [6.45, 7) is 5.75. The van der Waals surface area contributed by atoms with Gasteiger partial charge in [0.25, 0.3) is 0 Å². The van der Waals surface area contributed by atoms with E-state index in [-0.39, 0.29) is 5.91 Å². The third kappa shape index (κ3) is 3.61. The smallest absolute Gasteiger partial charge is 0.247 e. The van der Waals surface area contributed by atoms with Crippen LogP contribution in [0.2, 0.25) is 0 Å². The molecule has 1 fully saturated rings. The Kier molecular flexibility index (Phi) is 4.44. The summed E-state index contributed by atoms with van der Waals surface area (Å²) in [4.78, 5) is 16.8. The van der Waals surface area contributed by atoms with Gasteiger partial charge >= 0.3 is 0 Å². The maximum absolute atomic E-state index is 12.2. The molecule has 2 aliphatic rings. The van der Waals surface area contributed by atoms with Gasteiger partial charge in [0, 0.05) is 17.4 Å². The van der Waals surface area contributed by atoms with Gasteiger partial charge in [-0.1, -0.05) is 12.1 Å². The number of aromatic nitrogens is 3. The van der Waals surface area contributed by atoms with Gasteiger partial charge < -0.3 is 21.1 Å². The van der Waals surface area contributed by atoms with Crippen LogP contribution in [0, 0.1) is 0 Å². The Morgan fingerprint density at radius 1 is 1.16 bits per heavy atom. The van der Waals surface area contributed by atoms with Gasteiger partial charge in [-0.2, -0.15) is 9.50 Å². The number of pyridine rings is 1. The molecule has 162 valence electrons. The van der Waals surface area contributed by atoms with Crippen LogP contribution in [-0.2, 0) is 10.2 Å². The fourth-order valence-corrected chi connectivity index (χ4v) is 4.46. The molecule has 8 nitrogen and oxygen atoms in total. The highest BCUT2D eigenvalue weighted by molar-refractivity contribution is 6.06. The first-order valence-corrected chi connectivity index (χ1v) is 10.8. The molecule has 0 spiro atoms. The van der Waals surface area contributed by atoms with Gasteiger partial charge in [-0.05, 0) is 76.3 Å². The molecule has 0 radical (unpaired) electrons. The average Bonchev–Trinajstić information content (AvgIpc) is 3.22. The van der Waals surface area contributed by atoms with Gasteiger partial charge in [0.15, 0.2) is 5.65 Å². The van der Waals surface area contributed by atoms with E-state index in [1.165, 1.54) is 0 Å². The minimum absolute atomic E-state index is 0.00504. The summed E-state index contributed by atoms with van der Waals surface area (Å²) in [6, 6.07) is 12.0. The molecule has 3 heterocycles. The minimum atomic E-state index is -0.556. The summed E-state index contributed by atoms with van der Waals surface area (Å²) >= 11 is 0. The molecule has 2 aromatic heterocycles. The Balaban J connectivity index is 1.36. The summed E-state index contributed by atoms with van der Waals surface area (Å²) in [5.74, 6) is 1.38. The van der Waals surface area contributed by atoms with Crippen LogP contribution in [0.4, 0.5) is 23.1 Å². The summed E-state index contributed by atoms with van der Waals surface area (Å²) in [5.41, 5.74) is 2.28. The summed E-state index contributed by atoms with van der Waals surface area (Å²) < 4.78 is 1.80. The number of amides is 1. The van der Waals surface area contributed by atoms with Crippen LogP contribution < -0.4 is 16.0 Å². The minimum Gasteiger partial charge on any atom is -0.390 e. The molecule has 3 aromatic rings. The van der Waals surface area contributed by atoms with Crippen LogP contribution >= 0.6 is 0 Å². The standard InChI is InChI=1S/C23H28N6O2/c1-22(2)16-8-7-15(13-17(16)26-20(22)30)25-21-27-19-6-4-5-18(29(19)28-21)24-14-9-11-23(3,31)12-10-14/h4-8,13-14,24,31H,9-12H2,1-3H3,(H,25,28)(H,26,30). The van der Waals surface area contributed by atoms with Gasteiger partial charge in [0.05, 0.1) is 11.0 Å². The lowest BCUT2D eigenvalue weighted by molar-refractivity contribution is -0.119. The van der Waals surface area contributed by atoms with Gasteiger partial charge in [-0.3, -0.25) is 4.79 Å². The number of fused-ring (bicyclic) bond motifs is 2. The Morgan fingerprint density at radius 2 is 1.94 bits per heavy atom. The van der Waals surface area contributed by atoms with E-state index >= 15 is 0 Å². The number of hydrogen-bond donors (Lipinski definition) is 4. The Bertz CT molecular complexity index is 1160. The van der Waals surface area contributed by atoms with Crippen molar-refractivity contribution in [2.24, 2.45) is 0 Å². The molecular formula is C23H28N6O2. The largest absolute Gasteiger partial charge is 0.390 e. The number of anilines is 4. The second kappa shape index (κ2) is 6.95. The number of rotatable bonds is 4. The van der Waals surface area contributed by atoms with Crippen molar-refractivity contribution in [2.45, 2.75) is 63.5 Å². The lowest BCUT2D eigenvalue weighted by Gasteiger charge is -2.33. The molecule has 31 heavy (non-hydrogen) atoms. The third-order valence-electron chi connectivity index (χ3n) is 6.54. The number of aliphatic hydroxyl groups is 1. The van der Waals surface area contributed by atoms with Gasteiger partial charge in [-0.15, -0.1) is 5.10 Å². The predicted octanol–water partition coefficient (Wildman–Crippen LogP) is 3.81. The van der Waals surface area contributed by atoms with Crippen LogP contribution in [0.1, 0.15) is 52.0 Å². The Morgan fingerprint density at radius 3 is 2.71 bits per heavy atom. The van der Waals surface area contributed by atoms with Crippen molar-refractivity contribution < 1.29 is 9.90 Å². The van der Waals surface area contributed by atoms with E-state index in [4.69, 9.17) is 0 Å². The van der Waals surface area contributed by atoms with E-state index in [0.29, 0.717) is 12.0 Å². The van der Waals surface area contributed by atoms with Gasteiger partial charge in [0.2, 0.25) is 11.9 Å². The summed E-state index contributed by atoms with van der Waals surface area (Å²) in [6.07, 6.45) is 3.41. The molecule has 1 amide bonds. The summed E-state index contributed by atoms with van der Waals surface area (Å²) in [5, 5.41) is 24.6. The van der Waals surface area contributed by atoms with Crippen molar-refractivity contribution in [1.82, 2.24) is 14.6 Å². The SMILES string of the molecule is CC1(O)CCC(Nc2cccc3nc(Nc4ccc5c(c4)NC(=O)C5(C)C)nn23)CC1. The zero-order valence-corrected chi connectivity index (χ0v) is 18.1. The molecule has 4 N–H and O–H groups in total. The fourth-order valence-electron chi connectivity index (χ4n) is 4.46. The average molecular weight is 421 g/mol. The second-order valence-corrected chi connectivity index (χ2v) is 9.50. The van der Waals surface area contributed by atoms with Gasteiger partial charge in [-0.25, -0.2) is 0 Å². The zero-order chi connectivity index (χ0) is 21.8. The number of carbonyl (C=O) groups is 1. The van der Waals surface area contributed by atoms with Gasteiger partial charge in [0.1, 0.15) is 5.82 Å². The first-order chi connectivity index (χ1) is 14.7. The predicted molar refractivity (Wildman–Crippen MR) is 121 cm³/mol. The van der Waals surface area contributed by atoms with Crippen molar-refractivity contribution in [3.05, 3.63) is 42.0 Å². The maximum atomic E-state index is 12.2. The van der Waals surface area contributed by atoms with Crippen LogP contribution in [0.25, 0.3) is 5.65 Å². The van der Waals surface area contributed by atoms with E-state index in [0.717, 1.165) is 54.1 Å². The molecule has 1 saturated carbocycles. The van der Waals surface area contributed by atoms with Crippen molar-refractivity contribution in [3.8, 4) is 0 Å². The number of carbonyl (C=O) groups excluding carboxylic acids is 1. The molecule has 1 aliphatic heterocycles. The zero-order valence-electron chi connectivity index (χ0n) is 18.1. The highest BCUT2D eigenvalue weighted by Gasteiger charge is 2.38. The van der Waals surface area contributed by atoms with E-state index < -0.39 is 11.0 Å².